The minimum atomic E-state index is -0.617. The van der Waals surface area contributed by atoms with E-state index in [9.17, 15) is 9.59 Å². The third-order valence-corrected chi connectivity index (χ3v) is 5.17. The molecule has 1 aromatic heterocycles. The van der Waals surface area contributed by atoms with Crippen LogP contribution >= 0.6 is 22.9 Å². The highest BCUT2D eigenvalue weighted by Gasteiger charge is 2.12. The van der Waals surface area contributed by atoms with Gasteiger partial charge in [0.15, 0.2) is 5.13 Å². The fourth-order valence-corrected chi connectivity index (χ4v) is 3.50. The first-order chi connectivity index (χ1) is 13.5. The van der Waals surface area contributed by atoms with E-state index < -0.39 is 6.09 Å². The van der Waals surface area contributed by atoms with Gasteiger partial charge in [-0.15, -0.1) is 0 Å². The average molecular weight is 419 g/mol. The summed E-state index contributed by atoms with van der Waals surface area (Å²) in [6, 6.07) is 15.0. The highest BCUT2D eigenvalue weighted by molar-refractivity contribution is 7.22. The van der Waals surface area contributed by atoms with Crippen LogP contribution in [-0.4, -0.2) is 35.1 Å². The van der Waals surface area contributed by atoms with E-state index in [1.165, 1.54) is 23.3 Å². The number of nitrogens with zero attached hydrogens (tertiary/aromatic N) is 2. The van der Waals surface area contributed by atoms with Gasteiger partial charge in [0.25, 0.3) is 0 Å². The number of para-hydroxylation sites is 1. The van der Waals surface area contributed by atoms with Gasteiger partial charge < -0.3 is 4.74 Å². The van der Waals surface area contributed by atoms with Crippen LogP contribution in [-0.2, 0) is 16.1 Å². The molecule has 0 atom stereocenters. The normalized spacial score (nSPS) is 10.6. The number of amides is 2. The number of ether oxygens (including phenoxy) is 1. The maximum Gasteiger partial charge on any atom is 0.413 e. The number of hydrogen-bond donors (Lipinski definition) is 2. The lowest BCUT2D eigenvalue weighted by Crippen LogP contribution is -2.43. The molecule has 0 radical (unpaired) electrons. The molecule has 146 valence electrons. The van der Waals surface area contributed by atoms with Crippen molar-refractivity contribution in [2.24, 2.45) is 0 Å². The van der Waals surface area contributed by atoms with Crippen LogP contribution in [0.3, 0.4) is 0 Å². The molecule has 0 fully saturated rings. The van der Waals surface area contributed by atoms with Crippen LogP contribution in [0.15, 0.2) is 48.5 Å². The Morgan fingerprint density at radius 3 is 2.68 bits per heavy atom. The standard InChI is InChI=1S/C19H19ClN4O3S/c1-13(25)24(21-12-14-6-2-3-7-15(14)20)10-11-27-19(26)23-18-22-16-8-4-5-9-17(16)28-18/h2-9,21H,10-12H2,1H3,(H,22,23,26). The van der Waals surface area contributed by atoms with E-state index in [0.29, 0.717) is 16.7 Å². The summed E-state index contributed by atoms with van der Waals surface area (Å²) in [6.45, 7) is 2.05. The number of benzene rings is 2. The SMILES string of the molecule is CC(=O)N(CCOC(=O)Nc1nc2ccccc2s1)NCc1ccccc1Cl. The minimum absolute atomic E-state index is 0.0336. The van der Waals surface area contributed by atoms with Gasteiger partial charge in [-0.05, 0) is 23.8 Å². The Labute approximate surface area is 171 Å². The summed E-state index contributed by atoms with van der Waals surface area (Å²) in [5, 5.41) is 5.07. The third kappa shape index (κ3) is 5.41. The van der Waals surface area contributed by atoms with Gasteiger partial charge >= 0.3 is 6.09 Å². The number of hydrazine groups is 1. The van der Waals surface area contributed by atoms with Gasteiger partial charge in [0.05, 0.1) is 16.8 Å². The second-order valence-corrected chi connectivity index (χ2v) is 7.28. The molecular formula is C19H19ClN4O3S. The van der Waals surface area contributed by atoms with Crippen LogP contribution in [0.4, 0.5) is 9.93 Å². The summed E-state index contributed by atoms with van der Waals surface area (Å²) in [5.74, 6) is -0.192. The molecule has 0 bridgehead atoms. The highest BCUT2D eigenvalue weighted by atomic mass is 35.5. The number of anilines is 1. The lowest BCUT2D eigenvalue weighted by molar-refractivity contribution is -0.132. The van der Waals surface area contributed by atoms with Crippen molar-refractivity contribution in [1.29, 1.82) is 0 Å². The van der Waals surface area contributed by atoms with Crippen molar-refractivity contribution in [3.8, 4) is 0 Å². The summed E-state index contributed by atoms with van der Waals surface area (Å²) in [4.78, 5) is 28.1. The first kappa shape index (κ1) is 20.1. The Bertz CT molecular complexity index is 945. The van der Waals surface area contributed by atoms with Crippen molar-refractivity contribution in [3.05, 3.63) is 59.1 Å². The van der Waals surface area contributed by atoms with E-state index in [2.05, 4.69) is 15.7 Å². The number of thiazole rings is 1. The van der Waals surface area contributed by atoms with Gasteiger partial charge in [-0.2, -0.15) is 0 Å². The van der Waals surface area contributed by atoms with Gasteiger partial charge in [-0.3, -0.25) is 15.1 Å². The van der Waals surface area contributed by atoms with Gasteiger partial charge in [-0.1, -0.05) is 53.3 Å². The van der Waals surface area contributed by atoms with E-state index in [-0.39, 0.29) is 19.1 Å². The third-order valence-electron chi connectivity index (χ3n) is 3.85. The van der Waals surface area contributed by atoms with E-state index in [0.717, 1.165) is 15.8 Å². The zero-order valence-corrected chi connectivity index (χ0v) is 16.7. The van der Waals surface area contributed by atoms with Gasteiger partial charge in [0.1, 0.15) is 6.61 Å². The maximum atomic E-state index is 12.0. The van der Waals surface area contributed by atoms with Crippen molar-refractivity contribution in [3.63, 3.8) is 0 Å². The Kier molecular flexibility index (Phi) is 6.80. The molecule has 28 heavy (non-hydrogen) atoms. The molecule has 9 heteroatoms. The molecule has 2 N–H and O–H groups in total. The maximum absolute atomic E-state index is 12.0. The fourth-order valence-electron chi connectivity index (χ4n) is 2.45. The first-order valence-electron chi connectivity index (χ1n) is 8.57. The van der Waals surface area contributed by atoms with Crippen molar-refractivity contribution in [1.82, 2.24) is 15.4 Å². The van der Waals surface area contributed by atoms with Crippen molar-refractivity contribution >= 4 is 50.3 Å². The molecule has 0 aliphatic carbocycles. The Hall–Kier alpha value is -2.68. The molecule has 3 aromatic rings. The molecule has 0 unspecified atom stereocenters. The monoisotopic (exact) mass is 418 g/mol. The Balaban J connectivity index is 1.46. The predicted octanol–water partition coefficient (Wildman–Crippen LogP) is 4.05. The van der Waals surface area contributed by atoms with Crippen LogP contribution < -0.4 is 10.7 Å². The van der Waals surface area contributed by atoms with E-state index >= 15 is 0 Å². The number of halogens is 1. The van der Waals surface area contributed by atoms with Crippen LogP contribution in [0, 0.1) is 0 Å². The number of hydrogen-bond acceptors (Lipinski definition) is 6. The molecule has 1 heterocycles. The molecule has 7 nitrogen and oxygen atoms in total. The molecular weight excluding hydrogens is 400 g/mol. The van der Waals surface area contributed by atoms with Crippen LogP contribution in [0.2, 0.25) is 5.02 Å². The van der Waals surface area contributed by atoms with Crippen LogP contribution in [0.25, 0.3) is 10.2 Å². The number of rotatable bonds is 7. The fraction of sp³-hybridized carbons (Fsp3) is 0.211. The number of aromatic nitrogens is 1. The minimum Gasteiger partial charge on any atom is -0.447 e. The summed E-state index contributed by atoms with van der Waals surface area (Å²) >= 11 is 7.48. The second kappa shape index (κ2) is 9.50. The van der Waals surface area contributed by atoms with Gasteiger partial charge in [0, 0.05) is 18.5 Å². The number of fused-ring (bicyclic) bond motifs is 1. The lowest BCUT2D eigenvalue weighted by atomic mass is 10.2. The topological polar surface area (TPSA) is 83.6 Å². The number of nitrogens with one attached hydrogen (secondary N) is 2. The second-order valence-electron chi connectivity index (χ2n) is 5.84. The van der Waals surface area contributed by atoms with E-state index in [1.807, 2.05) is 42.5 Å². The summed E-state index contributed by atoms with van der Waals surface area (Å²) in [5.41, 5.74) is 4.67. The summed E-state index contributed by atoms with van der Waals surface area (Å²) < 4.78 is 6.13. The molecule has 0 saturated carbocycles. The van der Waals surface area contributed by atoms with Crippen molar-refractivity contribution < 1.29 is 14.3 Å². The smallest absolute Gasteiger partial charge is 0.413 e. The molecule has 3 rings (SSSR count). The van der Waals surface area contributed by atoms with Gasteiger partial charge in [0.2, 0.25) is 5.91 Å². The van der Waals surface area contributed by atoms with Crippen LogP contribution in [0.1, 0.15) is 12.5 Å². The van der Waals surface area contributed by atoms with Crippen LogP contribution in [0.5, 0.6) is 0 Å². The molecule has 0 aliphatic heterocycles. The molecule has 0 aliphatic rings. The number of carbonyl (C=O) groups excluding carboxylic acids is 2. The predicted molar refractivity (Wildman–Crippen MR) is 110 cm³/mol. The molecule has 0 spiro atoms. The molecule has 0 saturated heterocycles. The largest absolute Gasteiger partial charge is 0.447 e. The van der Waals surface area contributed by atoms with Gasteiger partial charge in [-0.25, -0.2) is 15.2 Å². The zero-order valence-electron chi connectivity index (χ0n) is 15.1. The van der Waals surface area contributed by atoms with E-state index in [1.54, 1.807) is 6.07 Å². The highest BCUT2D eigenvalue weighted by Crippen LogP contribution is 2.25. The Morgan fingerprint density at radius 1 is 1.18 bits per heavy atom. The average Bonchev–Trinajstić information content (AvgIpc) is 3.07. The van der Waals surface area contributed by atoms with Crippen molar-refractivity contribution in [2.75, 3.05) is 18.5 Å². The Morgan fingerprint density at radius 2 is 1.93 bits per heavy atom. The molecule has 2 aromatic carbocycles. The first-order valence-corrected chi connectivity index (χ1v) is 9.77. The lowest BCUT2D eigenvalue weighted by Gasteiger charge is -2.22. The van der Waals surface area contributed by atoms with Crippen molar-refractivity contribution in [2.45, 2.75) is 13.5 Å². The quantitative estimate of drug-likeness (QED) is 0.565. The summed E-state index contributed by atoms with van der Waals surface area (Å²) in [6.07, 6.45) is -0.617. The van der Waals surface area contributed by atoms with E-state index in [4.69, 9.17) is 16.3 Å². The molecule has 2 amide bonds. The summed E-state index contributed by atoms with van der Waals surface area (Å²) in [7, 11) is 0. The zero-order chi connectivity index (χ0) is 19.9. The number of carbonyl (C=O) groups is 2.